The molecule has 0 aromatic carbocycles. The van der Waals surface area contributed by atoms with E-state index in [9.17, 15) is 0 Å². The first-order valence-corrected chi connectivity index (χ1v) is 10.2. The van der Waals surface area contributed by atoms with E-state index in [0.29, 0.717) is 0 Å². The van der Waals surface area contributed by atoms with E-state index in [0.717, 1.165) is 12.1 Å². The first-order chi connectivity index (χ1) is 10.8. The number of likely N-dealkylation sites (N-methyl/N-ethyl adjacent to an activating group) is 1. The zero-order valence-electron chi connectivity index (χ0n) is 15.3. The van der Waals surface area contributed by atoms with E-state index >= 15 is 0 Å². The second kappa shape index (κ2) is 10.5. The molecule has 22 heavy (non-hydrogen) atoms. The van der Waals surface area contributed by atoms with Crippen LogP contribution in [0.25, 0.3) is 0 Å². The Hall–Kier alpha value is -0.300. The van der Waals surface area contributed by atoms with Gasteiger partial charge in [-0.25, -0.2) is 0 Å². The summed E-state index contributed by atoms with van der Waals surface area (Å²) in [5.74, 6) is 0. The van der Waals surface area contributed by atoms with Crippen molar-refractivity contribution in [1.29, 1.82) is 0 Å². The molecule has 2 rings (SSSR count). The van der Waals surface area contributed by atoms with Crippen LogP contribution in [-0.4, -0.2) is 24.0 Å². The maximum absolute atomic E-state index is 2.63. The van der Waals surface area contributed by atoms with Crippen molar-refractivity contribution < 1.29 is 0 Å². The number of nitrogens with zero attached hydrogens (tertiary/aromatic N) is 1. The highest BCUT2D eigenvalue weighted by Gasteiger charge is 2.30. The van der Waals surface area contributed by atoms with Crippen LogP contribution in [0.2, 0.25) is 0 Å². The minimum Gasteiger partial charge on any atom is -0.297 e. The van der Waals surface area contributed by atoms with Crippen LogP contribution in [0.3, 0.4) is 0 Å². The van der Waals surface area contributed by atoms with Crippen LogP contribution in [0.4, 0.5) is 0 Å². The first-order valence-electron chi connectivity index (χ1n) is 10.2. The summed E-state index contributed by atoms with van der Waals surface area (Å²) in [6, 6.07) is 1.63. The number of rotatable bonds is 11. The summed E-state index contributed by atoms with van der Waals surface area (Å²) in [5.41, 5.74) is 1.78. The summed E-state index contributed by atoms with van der Waals surface area (Å²) in [6.45, 7) is 2.30. The molecule has 2 unspecified atom stereocenters. The van der Waals surface area contributed by atoms with E-state index in [1.54, 1.807) is 5.57 Å². The summed E-state index contributed by atoms with van der Waals surface area (Å²) < 4.78 is 0. The zero-order valence-corrected chi connectivity index (χ0v) is 15.3. The van der Waals surface area contributed by atoms with Crippen molar-refractivity contribution in [3.8, 4) is 0 Å². The van der Waals surface area contributed by atoms with Gasteiger partial charge in [0.25, 0.3) is 0 Å². The molecule has 1 saturated heterocycles. The molecule has 0 aromatic rings. The van der Waals surface area contributed by atoms with Gasteiger partial charge in [0.15, 0.2) is 0 Å². The fraction of sp³-hybridized carbons (Fsp3) is 0.905. The molecule has 128 valence electrons. The topological polar surface area (TPSA) is 3.24 Å². The summed E-state index contributed by atoms with van der Waals surface area (Å²) in [5, 5.41) is 0. The molecule has 1 heteroatoms. The Kier molecular flexibility index (Phi) is 8.59. The van der Waals surface area contributed by atoms with Gasteiger partial charge in [0.2, 0.25) is 0 Å². The van der Waals surface area contributed by atoms with Crippen LogP contribution < -0.4 is 0 Å². The highest BCUT2D eigenvalue weighted by atomic mass is 15.2. The maximum atomic E-state index is 2.63. The average Bonchev–Trinajstić information content (AvgIpc) is 2.50. The van der Waals surface area contributed by atoms with Gasteiger partial charge < -0.3 is 0 Å². The highest BCUT2D eigenvalue weighted by molar-refractivity contribution is 5.15. The van der Waals surface area contributed by atoms with Gasteiger partial charge in [-0.3, -0.25) is 4.90 Å². The standard InChI is InChI=1S/C21H39N/c1-3-4-5-6-7-8-9-10-11-12-14-19-17-20-15-13-16-21(18-19)22(20)2/h17,20-21H,3-16,18H2,1-2H3. The predicted octanol–water partition coefficient (Wildman–Crippen LogP) is 6.48. The van der Waals surface area contributed by atoms with Gasteiger partial charge in [-0.15, -0.1) is 0 Å². The van der Waals surface area contributed by atoms with Crippen molar-refractivity contribution in [3.63, 3.8) is 0 Å². The van der Waals surface area contributed by atoms with Crippen molar-refractivity contribution >= 4 is 0 Å². The lowest BCUT2D eigenvalue weighted by molar-refractivity contribution is 0.128. The van der Waals surface area contributed by atoms with E-state index < -0.39 is 0 Å². The van der Waals surface area contributed by atoms with Gasteiger partial charge in [-0.05, 0) is 39.2 Å². The molecule has 0 saturated carbocycles. The van der Waals surface area contributed by atoms with Crippen LogP contribution in [0.1, 0.15) is 103 Å². The maximum Gasteiger partial charge on any atom is 0.0280 e. The molecule has 0 amide bonds. The Morgan fingerprint density at radius 3 is 2.18 bits per heavy atom. The molecule has 2 bridgehead atoms. The van der Waals surface area contributed by atoms with Crippen molar-refractivity contribution in [1.82, 2.24) is 4.90 Å². The van der Waals surface area contributed by atoms with Crippen molar-refractivity contribution in [2.45, 2.75) is 115 Å². The third-order valence-electron chi connectivity index (χ3n) is 5.91. The molecule has 1 fully saturated rings. The molecular formula is C21H39N. The SMILES string of the molecule is CCCCCCCCCCCCC1=CC2CCCC(C1)N2C. The van der Waals surface area contributed by atoms with E-state index in [4.69, 9.17) is 0 Å². The van der Waals surface area contributed by atoms with Gasteiger partial charge >= 0.3 is 0 Å². The molecule has 2 aliphatic heterocycles. The van der Waals surface area contributed by atoms with Crippen molar-refractivity contribution in [3.05, 3.63) is 11.6 Å². The highest BCUT2D eigenvalue weighted by Crippen LogP contribution is 2.33. The Morgan fingerprint density at radius 1 is 0.909 bits per heavy atom. The van der Waals surface area contributed by atoms with Gasteiger partial charge in [0, 0.05) is 12.1 Å². The third-order valence-corrected chi connectivity index (χ3v) is 5.91. The van der Waals surface area contributed by atoms with Crippen LogP contribution in [0.15, 0.2) is 11.6 Å². The van der Waals surface area contributed by atoms with Crippen LogP contribution in [0.5, 0.6) is 0 Å². The molecule has 0 radical (unpaired) electrons. The molecular weight excluding hydrogens is 266 g/mol. The van der Waals surface area contributed by atoms with Crippen molar-refractivity contribution in [2.75, 3.05) is 7.05 Å². The largest absolute Gasteiger partial charge is 0.297 e. The first kappa shape index (κ1) is 18.0. The lowest BCUT2D eigenvalue weighted by Crippen LogP contribution is -2.45. The normalized spacial score (nSPS) is 25.3. The summed E-state index contributed by atoms with van der Waals surface area (Å²) in [6.07, 6.45) is 24.2. The molecule has 0 N–H and O–H groups in total. The second-order valence-electron chi connectivity index (χ2n) is 7.78. The monoisotopic (exact) mass is 305 g/mol. The van der Waals surface area contributed by atoms with E-state index in [-0.39, 0.29) is 0 Å². The van der Waals surface area contributed by atoms with Gasteiger partial charge in [0.1, 0.15) is 0 Å². The Balaban J connectivity index is 1.47. The van der Waals surface area contributed by atoms with Gasteiger partial charge in [-0.2, -0.15) is 0 Å². The third kappa shape index (κ3) is 6.07. The van der Waals surface area contributed by atoms with E-state index in [1.807, 2.05) is 0 Å². The van der Waals surface area contributed by atoms with Gasteiger partial charge in [0.05, 0.1) is 0 Å². The fourth-order valence-electron chi connectivity index (χ4n) is 4.36. The van der Waals surface area contributed by atoms with E-state index in [2.05, 4.69) is 24.9 Å². The Morgan fingerprint density at radius 2 is 1.55 bits per heavy atom. The van der Waals surface area contributed by atoms with E-state index in [1.165, 1.54) is 96.3 Å². The minimum atomic E-state index is 0.769. The van der Waals surface area contributed by atoms with Crippen LogP contribution >= 0.6 is 0 Å². The zero-order chi connectivity index (χ0) is 15.6. The smallest absolute Gasteiger partial charge is 0.0280 e. The quantitative estimate of drug-likeness (QED) is 0.312. The number of piperidine rings is 1. The van der Waals surface area contributed by atoms with Crippen LogP contribution in [-0.2, 0) is 0 Å². The molecule has 2 atom stereocenters. The predicted molar refractivity (Wildman–Crippen MR) is 98.4 cm³/mol. The fourth-order valence-corrected chi connectivity index (χ4v) is 4.36. The summed E-state index contributed by atoms with van der Waals surface area (Å²) in [7, 11) is 2.34. The minimum absolute atomic E-state index is 0.769. The molecule has 2 aliphatic rings. The second-order valence-corrected chi connectivity index (χ2v) is 7.78. The summed E-state index contributed by atoms with van der Waals surface area (Å²) in [4.78, 5) is 2.63. The molecule has 1 nitrogen and oxygen atoms in total. The lowest BCUT2D eigenvalue weighted by Gasteiger charge is -2.42. The number of unbranched alkanes of at least 4 members (excludes halogenated alkanes) is 9. The molecule has 2 heterocycles. The number of hydrogen-bond acceptors (Lipinski definition) is 1. The number of fused-ring (bicyclic) bond motifs is 2. The Bertz CT molecular complexity index is 320. The van der Waals surface area contributed by atoms with Gasteiger partial charge in [-0.1, -0.05) is 82.8 Å². The lowest BCUT2D eigenvalue weighted by atomic mass is 9.84. The number of hydrogen-bond donors (Lipinski definition) is 0. The molecule has 0 spiro atoms. The summed E-state index contributed by atoms with van der Waals surface area (Å²) >= 11 is 0. The molecule has 0 aromatic heterocycles. The Labute approximate surface area is 139 Å². The van der Waals surface area contributed by atoms with Crippen LogP contribution in [0, 0.1) is 0 Å². The molecule has 0 aliphatic carbocycles. The average molecular weight is 306 g/mol. The van der Waals surface area contributed by atoms with Crippen molar-refractivity contribution in [2.24, 2.45) is 0 Å².